The fourth-order valence-electron chi connectivity index (χ4n) is 3.94. The van der Waals surface area contributed by atoms with Crippen molar-refractivity contribution in [3.63, 3.8) is 0 Å². The first-order valence-corrected chi connectivity index (χ1v) is 8.61. The smallest absolute Gasteiger partial charge is 0.271 e. The van der Waals surface area contributed by atoms with Gasteiger partial charge in [-0.25, -0.2) is 4.98 Å². The lowest BCUT2D eigenvalue weighted by molar-refractivity contribution is 0.0820. The van der Waals surface area contributed by atoms with Gasteiger partial charge in [-0.2, -0.15) is 0 Å². The molecule has 22 heavy (non-hydrogen) atoms. The average molecular weight is 301 g/mol. The van der Waals surface area contributed by atoms with E-state index in [2.05, 4.69) is 16.0 Å². The van der Waals surface area contributed by atoms with Gasteiger partial charge in [0.2, 0.25) is 0 Å². The van der Waals surface area contributed by atoms with Crippen molar-refractivity contribution in [1.29, 1.82) is 0 Å². The first kappa shape index (κ1) is 15.5. The van der Waals surface area contributed by atoms with Crippen molar-refractivity contribution in [2.24, 2.45) is 0 Å². The van der Waals surface area contributed by atoms with Gasteiger partial charge < -0.3 is 4.90 Å². The van der Waals surface area contributed by atoms with Gasteiger partial charge in [-0.3, -0.25) is 9.69 Å². The molecule has 0 spiro atoms. The Labute approximate surface area is 133 Å². The maximum Gasteiger partial charge on any atom is 0.271 e. The van der Waals surface area contributed by atoms with Gasteiger partial charge in [0.1, 0.15) is 5.69 Å². The molecule has 1 unspecified atom stereocenters. The Kier molecular flexibility index (Phi) is 4.77. The highest BCUT2D eigenvalue weighted by molar-refractivity contribution is 5.91. The Bertz CT molecular complexity index is 523. The zero-order valence-electron chi connectivity index (χ0n) is 13.8. The molecule has 1 aliphatic heterocycles. The van der Waals surface area contributed by atoms with Crippen LogP contribution in [0.1, 0.15) is 67.2 Å². The average Bonchev–Trinajstić information content (AvgIpc) is 3.04. The molecule has 2 aliphatic rings. The molecular weight excluding hydrogens is 274 g/mol. The van der Waals surface area contributed by atoms with Crippen LogP contribution < -0.4 is 0 Å². The number of likely N-dealkylation sites (tertiary alicyclic amines) is 1. The van der Waals surface area contributed by atoms with Crippen molar-refractivity contribution in [1.82, 2.24) is 14.8 Å². The summed E-state index contributed by atoms with van der Waals surface area (Å²) in [7, 11) is 3.56. The van der Waals surface area contributed by atoms with Crippen LogP contribution in [0, 0.1) is 0 Å². The lowest BCUT2D eigenvalue weighted by Crippen LogP contribution is -2.36. The fourth-order valence-corrected chi connectivity index (χ4v) is 3.94. The highest BCUT2D eigenvalue weighted by atomic mass is 16.2. The van der Waals surface area contributed by atoms with Gasteiger partial charge in [0.15, 0.2) is 0 Å². The first-order chi connectivity index (χ1) is 10.7. The molecule has 0 aromatic carbocycles. The van der Waals surface area contributed by atoms with Crippen molar-refractivity contribution in [3.05, 3.63) is 29.6 Å². The van der Waals surface area contributed by atoms with E-state index in [1.165, 1.54) is 51.5 Å². The second-order valence-electron chi connectivity index (χ2n) is 6.83. The molecule has 1 aromatic rings. The number of hydrogen-bond donors (Lipinski definition) is 0. The fraction of sp³-hybridized carbons (Fsp3) is 0.667. The largest absolute Gasteiger partial charge is 0.343 e. The molecule has 0 bridgehead atoms. The molecule has 3 rings (SSSR count). The van der Waals surface area contributed by atoms with E-state index in [1.807, 2.05) is 12.1 Å². The van der Waals surface area contributed by atoms with Crippen LogP contribution in [-0.2, 0) is 0 Å². The third kappa shape index (κ3) is 3.17. The van der Waals surface area contributed by atoms with E-state index in [9.17, 15) is 4.79 Å². The number of carbonyl (C=O) groups is 1. The summed E-state index contributed by atoms with van der Waals surface area (Å²) in [5, 5.41) is 0. The maximum atomic E-state index is 12.1. The minimum absolute atomic E-state index is 0.0101. The lowest BCUT2D eigenvalue weighted by atomic mass is 9.93. The lowest BCUT2D eigenvalue weighted by Gasteiger charge is -2.35. The van der Waals surface area contributed by atoms with Gasteiger partial charge in [-0.1, -0.05) is 25.3 Å². The Balaban J connectivity index is 1.80. The molecule has 0 radical (unpaired) electrons. The zero-order valence-corrected chi connectivity index (χ0v) is 13.8. The van der Waals surface area contributed by atoms with Gasteiger partial charge >= 0.3 is 0 Å². The normalized spacial score (nSPS) is 23.6. The van der Waals surface area contributed by atoms with E-state index in [-0.39, 0.29) is 5.91 Å². The number of hydrogen-bond acceptors (Lipinski definition) is 3. The van der Waals surface area contributed by atoms with E-state index < -0.39 is 0 Å². The summed E-state index contributed by atoms with van der Waals surface area (Å²) >= 11 is 0. The van der Waals surface area contributed by atoms with Crippen LogP contribution in [0.3, 0.4) is 0 Å². The summed E-state index contributed by atoms with van der Waals surface area (Å²) in [6, 6.07) is 7.02. The van der Waals surface area contributed by atoms with E-state index in [4.69, 9.17) is 0 Å². The molecular formula is C18H27N3O. The second kappa shape index (κ2) is 6.78. The predicted octanol–water partition coefficient (Wildman–Crippen LogP) is 3.25. The maximum absolute atomic E-state index is 12.1. The van der Waals surface area contributed by atoms with Crippen molar-refractivity contribution in [3.8, 4) is 0 Å². The third-order valence-corrected chi connectivity index (χ3v) is 5.08. The number of pyridine rings is 1. The van der Waals surface area contributed by atoms with Crippen LogP contribution in [0.25, 0.3) is 0 Å². The quantitative estimate of drug-likeness (QED) is 0.860. The van der Waals surface area contributed by atoms with E-state index in [0.717, 1.165) is 11.7 Å². The number of amides is 1. The van der Waals surface area contributed by atoms with Crippen molar-refractivity contribution >= 4 is 5.91 Å². The predicted molar refractivity (Wildman–Crippen MR) is 87.8 cm³/mol. The summed E-state index contributed by atoms with van der Waals surface area (Å²) in [4.78, 5) is 21.1. The molecule has 1 aliphatic carbocycles. The van der Waals surface area contributed by atoms with Crippen LogP contribution in [0.4, 0.5) is 0 Å². The summed E-state index contributed by atoms with van der Waals surface area (Å²) in [6.07, 6.45) is 9.18. The minimum Gasteiger partial charge on any atom is -0.343 e. The number of carbonyl (C=O) groups excluding carboxylic acids is 1. The van der Waals surface area contributed by atoms with Crippen molar-refractivity contribution < 1.29 is 4.79 Å². The zero-order chi connectivity index (χ0) is 15.5. The number of aromatic nitrogens is 1. The Morgan fingerprint density at radius 3 is 2.64 bits per heavy atom. The Morgan fingerprint density at radius 1 is 1.14 bits per heavy atom. The molecule has 1 saturated heterocycles. The number of rotatable bonds is 3. The highest BCUT2D eigenvalue weighted by Crippen LogP contribution is 2.36. The van der Waals surface area contributed by atoms with Gasteiger partial charge in [0.25, 0.3) is 5.91 Å². The molecule has 120 valence electrons. The summed E-state index contributed by atoms with van der Waals surface area (Å²) in [6.45, 7) is 1.18. The minimum atomic E-state index is -0.0101. The third-order valence-electron chi connectivity index (χ3n) is 5.08. The Hall–Kier alpha value is -1.42. The van der Waals surface area contributed by atoms with Gasteiger partial charge in [-0.05, 0) is 44.4 Å². The SMILES string of the molecule is CN(C)C(=O)c1cccc(C2CCCN2C2CCCCC2)n1. The molecule has 0 N–H and O–H groups in total. The van der Waals surface area contributed by atoms with E-state index in [0.29, 0.717) is 11.7 Å². The van der Waals surface area contributed by atoms with Gasteiger partial charge in [-0.15, -0.1) is 0 Å². The van der Waals surface area contributed by atoms with Gasteiger partial charge in [0, 0.05) is 20.1 Å². The summed E-state index contributed by atoms with van der Waals surface area (Å²) in [5.74, 6) is -0.0101. The van der Waals surface area contributed by atoms with E-state index >= 15 is 0 Å². The molecule has 4 nitrogen and oxygen atoms in total. The van der Waals surface area contributed by atoms with Crippen molar-refractivity contribution in [2.75, 3.05) is 20.6 Å². The van der Waals surface area contributed by atoms with Crippen LogP contribution in [0.15, 0.2) is 18.2 Å². The Morgan fingerprint density at radius 2 is 1.91 bits per heavy atom. The molecule has 2 heterocycles. The topological polar surface area (TPSA) is 36.4 Å². The summed E-state index contributed by atoms with van der Waals surface area (Å²) < 4.78 is 0. The molecule has 1 saturated carbocycles. The monoisotopic (exact) mass is 301 g/mol. The first-order valence-electron chi connectivity index (χ1n) is 8.61. The second-order valence-corrected chi connectivity index (χ2v) is 6.83. The van der Waals surface area contributed by atoms with E-state index in [1.54, 1.807) is 19.0 Å². The molecule has 1 amide bonds. The number of nitrogens with zero attached hydrogens (tertiary/aromatic N) is 3. The van der Waals surface area contributed by atoms with Crippen LogP contribution in [-0.4, -0.2) is 47.4 Å². The molecule has 1 atom stereocenters. The molecule has 1 aromatic heterocycles. The standard InChI is InChI=1S/C18H27N3O/c1-20(2)18(22)16-11-6-10-15(19-16)17-12-7-13-21(17)14-8-4-3-5-9-14/h6,10-11,14,17H,3-5,7-9,12-13H2,1-2H3. The molecule has 2 fully saturated rings. The van der Waals surface area contributed by atoms with Crippen molar-refractivity contribution in [2.45, 2.75) is 57.0 Å². The molecule has 4 heteroatoms. The summed E-state index contributed by atoms with van der Waals surface area (Å²) in [5.41, 5.74) is 1.65. The van der Waals surface area contributed by atoms with Crippen LogP contribution in [0.5, 0.6) is 0 Å². The van der Waals surface area contributed by atoms with Crippen LogP contribution >= 0.6 is 0 Å². The highest BCUT2D eigenvalue weighted by Gasteiger charge is 2.33. The van der Waals surface area contributed by atoms with Gasteiger partial charge in [0.05, 0.1) is 11.7 Å². The van der Waals surface area contributed by atoms with Crippen LogP contribution in [0.2, 0.25) is 0 Å².